The summed E-state index contributed by atoms with van der Waals surface area (Å²) >= 11 is 0. The van der Waals surface area contributed by atoms with Crippen molar-refractivity contribution in [2.75, 3.05) is 42.6 Å². The number of carbonyl (C=O) groups excluding carboxylic acids is 1. The molecule has 0 radical (unpaired) electrons. The highest BCUT2D eigenvalue weighted by atomic mass is 16.5. The summed E-state index contributed by atoms with van der Waals surface area (Å²) in [6, 6.07) is 7.14. The number of hydrogen-bond donors (Lipinski definition) is 1. The van der Waals surface area contributed by atoms with Crippen LogP contribution < -0.4 is 9.80 Å². The first-order chi connectivity index (χ1) is 14.7. The van der Waals surface area contributed by atoms with Crippen molar-refractivity contribution in [2.24, 2.45) is 0 Å². The molecule has 0 unspecified atom stereocenters. The van der Waals surface area contributed by atoms with E-state index in [-0.39, 0.29) is 11.7 Å². The van der Waals surface area contributed by atoms with Gasteiger partial charge in [0.15, 0.2) is 0 Å². The van der Waals surface area contributed by atoms with Gasteiger partial charge in [0.05, 0.1) is 18.9 Å². The summed E-state index contributed by atoms with van der Waals surface area (Å²) in [7, 11) is 0. The average molecular weight is 411 g/mol. The van der Waals surface area contributed by atoms with Crippen LogP contribution in [0.15, 0.2) is 24.3 Å². The molecule has 1 aromatic heterocycles. The number of benzene rings is 1. The predicted molar refractivity (Wildman–Crippen MR) is 117 cm³/mol. The van der Waals surface area contributed by atoms with Gasteiger partial charge in [0.1, 0.15) is 11.6 Å². The van der Waals surface area contributed by atoms with Gasteiger partial charge in [-0.3, -0.25) is 9.69 Å². The van der Waals surface area contributed by atoms with Gasteiger partial charge in [-0.1, -0.05) is 38.3 Å². The molecular weight excluding hydrogens is 380 g/mol. The minimum atomic E-state index is 0.137. The molecule has 30 heavy (non-hydrogen) atoms. The number of morpholine rings is 1. The van der Waals surface area contributed by atoms with E-state index in [1.807, 2.05) is 17.0 Å². The van der Waals surface area contributed by atoms with Crippen molar-refractivity contribution in [3.8, 4) is 17.0 Å². The Morgan fingerprint density at radius 2 is 1.97 bits per heavy atom. The van der Waals surface area contributed by atoms with Crippen LogP contribution in [0.5, 0.6) is 5.75 Å². The summed E-state index contributed by atoms with van der Waals surface area (Å²) in [5.41, 5.74) is 2.64. The quantitative estimate of drug-likeness (QED) is 0.704. The molecule has 1 aromatic carbocycles. The number of anilines is 2. The van der Waals surface area contributed by atoms with E-state index in [0.29, 0.717) is 32.1 Å². The molecule has 1 fully saturated rings. The monoisotopic (exact) mass is 410 g/mol. The molecule has 1 N–H and O–H groups in total. The molecule has 7 nitrogen and oxygen atoms in total. The molecule has 0 bridgehead atoms. The van der Waals surface area contributed by atoms with Gasteiger partial charge in [-0.15, -0.1) is 0 Å². The fourth-order valence-corrected chi connectivity index (χ4v) is 4.12. The Labute approximate surface area is 177 Å². The minimum Gasteiger partial charge on any atom is -0.508 e. The third-order valence-electron chi connectivity index (χ3n) is 5.77. The maximum absolute atomic E-state index is 13.0. The Morgan fingerprint density at radius 1 is 1.13 bits per heavy atom. The van der Waals surface area contributed by atoms with Gasteiger partial charge in [0.25, 0.3) is 0 Å². The Morgan fingerprint density at radius 3 is 2.73 bits per heavy atom. The van der Waals surface area contributed by atoms with Crippen molar-refractivity contribution in [3.05, 3.63) is 29.8 Å². The first-order valence-electron chi connectivity index (χ1n) is 11.0. The minimum absolute atomic E-state index is 0.137. The van der Waals surface area contributed by atoms with Crippen LogP contribution in [0.3, 0.4) is 0 Å². The highest BCUT2D eigenvalue weighted by molar-refractivity contribution is 5.95. The zero-order valence-electron chi connectivity index (χ0n) is 17.6. The molecule has 3 heterocycles. The van der Waals surface area contributed by atoms with Gasteiger partial charge in [0, 0.05) is 37.2 Å². The number of phenolic OH excluding ortho intramolecular Hbond substituents is 1. The van der Waals surface area contributed by atoms with Crippen LogP contribution >= 0.6 is 0 Å². The molecule has 0 aliphatic carbocycles. The van der Waals surface area contributed by atoms with E-state index < -0.39 is 0 Å². The molecule has 0 saturated carbocycles. The summed E-state index contributed by atoms with van der Waals surface area (Å²) < 4.78 is 5.47. The van der Waals surface area contributed by atoms with E-state index in [1.54, 1.807) is 12.1 Å². The van der Waals surface area contributed by atoms with Crippen molar-refractivity contribution >= 4 is 17.7 Å². The third kappa shape index (κ3) is 4.41. The highest BCUT2D eigenvalue weighted by Crippen LogP contribution is 2.36. The van der Waals surface area contributed by atoms with Gasteiger partial charge >= 0.3 is 0 Å². The molecular formula is C23H30N4O3. The number of amides is 1. The van der Waals surface area contributed by atoms with E-state index in [4.69, 9.17) is 14.7 Å². The van der Waals surface area contributed by atoms with Gasteiger partial charge in [-0.05, 0) is 25.0 Å². The largest absolute Gasteiger partial charge is 0.508 e. The number of carbonyl (C=O) groups is 1. The standard InChI is InChI=1S/C23H30N4O3/c1-2-3-4-5-9-20(29)27-11-10-19-21(17-7-6-8-18(28)16-17)24-23(25-22(19)27)26-12-14-30-15-13-26/h6-8,16,28H,2-5,9-15H2,1H3. The van der Waals surface area contributed by atoms with Crippen LogP contribution in [-0.4, -0.2) is 53.8 Å². The van der Waals surface area contributed by atoms with Gasteiger partial charge in [-0.25, -0.2) is 4.98 Å². The molecule has 7 heteroatoms. The Bertz CT molecular complexity index is 896. The lowest BCUT2D eigenvalue weighted by molar-refractivity contribution is -0.118. The van der Waals surface area contributed by atoms with E-state index in [9.17, 15) is 9.90 Å². The smallest absolute Gasteiger partial charge is 0.228 e. The Hall–Kier alpha value is -2.67. The fourth-order valence-electron chi connectivity index (χ4n) is 4.12. The second kappa shape index (κ2) is 9.43. The summed E-state index contributed by atoms with van der Waals surface area (Å²) in [6.07, 6.45) is 5.60. The molecule has 0 spiro atoms. The number of aromatic nitrogens is 2. The highest BCUT2D eigenvalue weighted by Gasteiger charge is 2.31. The van der Waals surface area contributed by atoms with Crippen molar-refractivity contribution in [1.82, 2.24) is 9.97 Å². The molecule has 1 amide bonds. The summed E-state index contributed by atoms with van der Waals surface area (Å²) in [5.74, 6) is 1.69. The Balaban J connectivity index is 1.68. The van der Waals surface area contributed by atoms with Crippen LogP contribution in [0.2, 0.25) is 0 Å². The lowest BCUT2D eigenvalue weighted by Crippen LogP contribution is -2.38. The van der Waals surface area contributed by atoms with Crippen LogP contribution in [0, 0.1) is 0 Å². The van der Waals surface area contributed by atoms with E-state index >= 15 is 0 Å². The lowest BCUT2D eigenvalue weighted by atomic mass is 10.1. The SMILES string of the molecule is CCCCCCC(=O)N1CCc2c(-c3cccc(O)c3)nc(N3CCOCC3)nc21. The normalized spacial score (nSPS) is 16.0. The molecule has 0 atom stereocenters. The van der Waals surface area contributed by atoms with E-state index in [1.165, 1.54) is 0 Å². The third-order valence-corrected chi connectivity index (χ3v) is 5.77. The molecule has 4 rings (SSSR count). The number of ether oxygens (including phenoxy) is 1. The molecule has 2 aliphatic rings. The predicted octanol–water partition coefficient (Wildman–Crippen LogP) is 3.55. The lowest BCUT2D eigenvalue weighted by Gasteiger charge is -2.28. The first kappa shape index (κ1) is 20.6. The maximum atomic E-state index is 13.0. The summed E-state index contributed by atoms with van der Waals surface area (Å²) in [5, 5.41) is 9.99. The van der Waals surface area contributed by atoms with Crippen molar-refractivity contribution in [2.45, 2.75) is 45.4 Å². The molecule has 2 aliphatic heterocycles. The number of hydrogen-bond acceptors (Lipinski definition) is 6. The number of nitrogens with zero attached hydrogens (tertiary/aromatic N) is 4. The van der Waals surface area contributed by atoms with Gasteiger partial charge < -0.3 is 14.7 Å². The number of fused-ring (bicyclic) bond motifs is 1. The van der Waals surface area contributed by atoms with Crippen molar-refractivity contribution in [1.29, 1.82) is 0 Å². The first-order valence-corrected chi connectivity index (χ1v) is 11.0. The Kier molecular flexibility index (Phi) is 6.47. The van der Waals surface area contributed by atoms with Gasteiger partial charge in [0.2, 0.25) is 11.9 Å². The second-order valence-corrected chi connectivity index (χ2v) is 7.93. The molecule has 2 aromatic rings. The van der Waals surface area contributed by atoms with Crippen molar-refractivity contribution in [3.63, 3.8) is 0 Å². The second-order valence-electron chi connectivity index (χ2n) is 7.93. The van der Waals surface area contributed by atoms with Crippen LogP contribution in [0.1, 0.15) is 44.6 Å². The zero-order valence-corrected chi connectivity index (χ0v) is 17.6. The van der Waals surface area contributed by atoms with Crippen LogP contribution in [0.25, 0.3) is 11.3 Å². The van der Waals surface area contributed by atoms with E-state index in [0.717, 1.165) is 67.8 Å². The summed E-state index contributed by atoms with van der Waals surface area (Å²) in [6.45, 7) is 5.54. The van der Waals surface area contributed by atoms with Crippen molar-refractivity contribution < 1.29 is 14.6 Å². The summed E-state index contributed by atoms with van der Waals surface area (Å²) in [4.78, 5) is 26.6. The van der Waals surface area contributed by atoms with Gasteiger partial charge in [-0.2, -0.15) is 4.98 Å². The number of phenols is 1. The maximum Gasteiger partial charge on any atom is 0.228 e. The van der Waals surface area contributed by atoms with Crippen LogP contribution in [0.4, 0.5) is 11.8 Å². The fraction of sp³-hybridized carbons (Fsp3) is 0.522. The van der Waals surface area contributed by atoms with Crippen LogP contribution in [-0.2, 0) is 16.0 Å². The zero-order chi connectivity index (χ0) is 20.9. The average Bonchev–Trinajstić information content (AvgIpc) is 3.21. The van der Waals surface area contributed by atoms with E-state index in [2.05, 4.69) is 11.8 Å². The molecule has 160 valence electrons. The number of unbranched alkanes of at least 4 members (excludes halogenated alkanes) is 3. The number of rotatable bonds is 7. The molecule has 1 saturated heterocycles. The topological polar surface area (TPSA) is 78.8 Å². The number of aromatic hydroxyl groups is 1.